The van der Waals surface area contributed by atoms with Crippen LogP contribution in [0, 0.1) is 0 Å². The third kappa shape index (κ3) is 6.28. The molecule has 0 N–H and O–H groups in total. The molecule has 0 spiro atoms. The van der Waals surface area contributed by atoms with Gasteiger partial charge in [0.2, 0.25) is 0 Å². The van der Waals surface area contributed by atoms with Crippen molar-refractivity contribution in [2.24, 2.45) is 0 Å². The minimum absolute atomic E-state index is 0.0974. The van der Waals surface area contributed by atoms with Gasteiger partial charge in [0.25, 0.3) is 0 Å². The molecule has 1 aromatic rings. The molecule has 0 radical (unpaired) electrons. The largest absolute Gasteiger partial charge is 0.0872 e. The molecule has 1 aromatic carbocycles. The number of rotatable bonds is 6. The van der Waals surface area contributed by atoms with Gasteiger partial charge in [-0.25, -0.2) is 0 Å². The molecule has 0 fully saturated rings. The van der Waals surface area contributed by atoms with E-state index in [1.807, 2.05) is 13.8 Å². The molecule has 3 rings (SSSR count). The van der Waals surface area contributed by atoms with Crippen LogP contribution in [0.25, 0.3) is 5.57 Å². The van der Waals surface area contributed by atoms with Gasteiger partial charge in [-0.1, -0.05) is 112 Å². The zero-order valence-electron chi connectivity index (χ0n) is 18.9. The van der Waals surface area contributed by atoms with Gasteiger partial charge in [-0.05, 0) is 62.9 Å². The van der Waals surface area contributed by atoms with E-state index in [-0.39, 0.29) is 7.92 Å². The average molecular weight is 405 g/mol. The van der Waals surface area contributed by atoms with E-state index in [1.54, 1.807) is 11.1 Å². The maximum absolute atomic E-state index is 2.42. The molecule has 29 heavy (non-hydrogen) atoms. The van der Waals surface area contributed by atoms with Crippen molar-refractivity contribution in [3.05, 3.63) is 101 Å². The van der Waals surface area contributed by atoms with Crippen molar-refractivity contribution in [3.63, 3.8) is 0 Å². The normalized spacial score (nSPS) is 20.4. The van der Waals surface area contributed by atoms with Gasteiger partial charge < -0.3 is 0 Å². The van der Waals surface area contributed by atoms with Crippen molar-refractivity contribution in [2.45, 2.75) is 59.0 Å². The predicted molar refractivity (Wildman–Crippen MR) is 135 cm³/mol. The standard InChI is InChI=1S/C26H31P.C2H6/c1-4-19-27(3)26-18-12-10-16-23(26)20-22-15-9-11-17-25(22)24(5-2)21-13-7-6-8-14-21;1-2/h4-8,10-14,16-17,19,26H,9,15,18,20H2,1-3H3;1-2H3/b19-4?,24-5-;. The van der Waals surface area contributed by atoms with E-state index in [1.165, 1.54) is 29.6 Å². The molecule has 154 valence electrons. The first kappa shape index (κ1) is 23.4. The van der Waals surface area contributed by atoms with Crippen LogP contribution in [-0.4, -0.2) is 12.3 Å². The lowest BCUT2D eigenvalue weighted by molar-refractivity contribution is 0.847. The summed E-state index contributed by atoms with van der Waals surface area (Å²) in [5.41, 5.74) is 8.04. The third-order valence-corrected chi connectivity index (χ3v) is 7.76. The van der Waals surface area contributed by atoms with Crippen LogP contribution >= 0.6 is 7.92 Å². The van der Waals surface area contributed by atoms with E-state index in [2.05, 4.69) is 99.2 Å². The Hall–Kier alpha value is -1.91. The Morgan fingerprint density at radius 1 is 1.10 bits per heavy atom. The highest BCUT2D eigenvalue weighted by Crippen LogP contribution is 2.48. The quantitative estimate of drug-likeness (QED) is 0.415. The van der Waals surface area contributed by atoms with E-state index in [0.29, 0.717) is 5.66 Å². The summed E-state index contributed by atoms with van der Waals surface area (Å²) in [5.74, 6) is 2.42. The van der Waals surface area contributed by atoms with Crippen molar-refractivity contribution in [2.75, 3.05) is 6.66 Å². The molecule has 0 amide bonds. The van der Waals surface area contributed by atoms with Gasteiger partial charge in [0.1, 0.15) is 0 Å². The van der Waals surface area contributed by atoms with Crippen molar-refractivity contribution in [3.8, 4) is 0 Å². The molecule has 0 bridgehead atoms. The van der Waals surface area contributed by atoms with Gasteiger partial charge in [-0.15, -0.1) is 0 Å². The fourth-order valence-electron chi connectivity index (χ4n) is 4.12. The van der Waals surface area contributed by atoms with Gasteiger partial charge in [-0.3, -0.25) is 0 Å². The molecular formula is C28H37P. The van der Waals surface area contributed by atoms with E-state index < -0.39 is 0 Å². The molecule has 0 saturated heterocycles. The third-order valence-electron chi connectivity index (χ3n) is 5.47. The summed E-state index contributed by atoms with van der Waals surface area (Å²) in [6, 6.07) is 10.8. The average Bonchev–Trinajstić information content (AvgIpc) is 2.78. The number of benzene rings is 1. The van der Waals surface area contributed by atoms with Crippen molar-refractivity contribution >= 4 is 13.5 Å². The molecule has 2 unspecified atom stereocenters. The summed E-state index contributed by atoms with van der Waals surface area (Å²) in [6.45, 7) is 10.7. The molecule has 1 heteroatoms. The van der Waals surface area contributed by atoms with Crippen molar-refractivity contribution < 1.29 is 0 Å². The van der Waals surface area contributed by atoms with Gasteiger partial charge in [0.15, 0.2) is 0 Å². The van der Waals surface area contributed by atoms with Gasteiger partial charge >= 0.3 is 0 Å². The molecular weight excluding hydrogens is 367 g/mol. The second-order valence-corrected chi connectivity index (χ2v) is 9.52. The summed E-state index contributed by atoms with van der Waals surface area (Å²) in [5, 5.41) is 0. The molecule has 2 aliphatic carbocycles. The Kier molecular flexibility index (Phi) is 10.2. The van der Waals surface area contributed by atoms with E-state index >= 15 is 0 Å². The van der Waals surface area contributed by atoms with Crippen LogP contribution in [0.5, 0.6) is 0 Å². The molecule has 0 aromatic heterocycles. The molecule has 0 aliphatic heterocycles. The monoisotopic (exact) mass is 404 g/mol. The van der Waals surface area contributed by atoms with Gasteiger partial charge in [-0.2, -0.15) is 0 Å². The Morgan fingerprint density at radius 3 is 2.55 bits per heavy atom. The van der Waals surface area contributed by atoms with Crippen LogP contribution in [0.3, 0.4) is 0 Å². The second-order valence-electron chi connectivity index (χ2n) is 7.27. The van der Waals surface area contributed by atoms with E-state index in [4.69, 9.17) is 0 Å². The minimum atomic E-state index is -0.0974. The van der Waals surface area contributed by atoms with Crippen LogP contribution in [-0.2, 0) is 0 Å². The smallest absolute Gasteiger partial charge is 0.00734 e. The fourth-order valence-corrected chi connectivity index (χ4v) is 5.95. The maximum Gasteiger partial charge on any atom is 0.00734 e. The summed E-state index contributed by atoms with van der Waals surface area (Å²) in [6.07, 6.45) is 20.8. The predicted octanol–water partition coefficient (Wildman–Crippen LogP) is 9.05. The van der Waals surface area contributed by atoms with Crippen molar-refractivity contribution in [1.82, 2.24) is 0 Å². The highest BCUT2D eigenvalue weighted by molar-refractivity contribution is 7.61. The topological polar surface area (TPSA) is 0 Å². The van der Waals surface area contributed by atoms with E-state index in [9.17, 15) is 0 Å². The zero-order valence-corrected chi connectivity index (χ0v) is 19.8. The fraction of sp³-hybridized carbons (Fsp3) is 0.357. The van der Waals surface area contributed by atoms with Crippen LogP contribution in [0.2, 0.25) is 0 Å². The lowest BCUT2D eigenvalue weighted by Crippen LogP contribution is -2.12. The highest BCUT2D eigenvalue weighted by Gasteiger charge is 2.22. The lowest BCUT2D eigenvalue weighted by atomic mass is 9.84. The lowest BCUT2D eigenvalue weighted by Gasteiger charge is -2.28. The highest BCUT2D eigenvalue weighted by atomic mass is 31.1. The summed E-state index contributed by atoms with van der Waals surface area (Å²) in [7, 11) is -0.0974. The summed E-state index contributed by atoms with van der Waals surface area (Å²) < 4.78 is 0. The first-order valence-electron chi connectivity index (χ1n) is 11.1. The molecule has 0 nitrogen and oxygen atoms in total. The van der Waals surface area contributed by atoms with Crippen LogP contribution in [0.15, 0.2) is 95.4 Å². The molecule has 0 heterocycles. The van der Waals surface area contributed by atoms with Gasteiger partial charge in [0.05, 0.1) is 0 Å². The summed E-state index contributed by atoms with van der Waals surface area (Å²) in [4.78, 5) is 0. The SMILES string of the molecule is CC.CC=CP(C)C1CC=CC=C1CC1=C(/C(=C\C)c2ccccc2)C=CCC1. The Balaban J connectivity index is 0.00000145. The summed E-state index contributed by atoms with van der Waals surface area (Å²) >= 11 is 0. The van der Waals surface area contributed by atoms with E-state index in [0.717, 1.165) is 12.8 Å². The zero-order chi connectivity index (χ0) is 21.1. The van der Waals surface area contributed by atoms with Gasteiger partial charge in [0, 0.05) is 5.66 Å². The van der Waals surface area contributed by atoms with Crippen LogP contribution < -0.4 is 0 Å². The Labute approximate surface area is 180 Å². The maximum atomic E-state index is 2.42. The minimum Gasteiger partial charge on any atom is -0.0872 e. The van der Waals surface area contributed by atoms with Crippen LogP contribution in [0.1, 0.15) is 58.9 Å². The molecule has 2 aliphatic rings. The second kappa shape index (κ2) is 12.6. The number of hydrogen-bond donors (Lipinski definition) is 0. The first-order chi connectivity index (χ1) is 14.2. The Bertz CT molecular complexity index is 815. The number of allylic oxidation sites excluding steroid dienone is 11. The number of hydrogen-bond acceptors (Lipinski definition) is 0. The molecule has 0 saturated carbocycles. The molecule has 2 atom stereocenters. The van der Waals surface area contributed by atoms with Crippen LogP contribution in [0.4, 0.5) is 0 Å². The first-order valence-corrected chi connectivity index (χ1v) is 13.0. The van der Waals surface area contributed by atoms with Crippen molar-refractivity contribution in [1.29, 1.82) is 0 Å². The Morgan fingerprint density at radius 2 is 1.86 bits per heavy atom.